The van der Waals surface area contributed by atoms with Crippen LogP contribution in [0.2, 0.25) is 0 Å². The summed E-state index contributed by atoms with van der Waals surface area (Å²) in [5, 5.41) is 0. The fourth-order valence-corrected chi connectivity index (χ4v) is 5.47. The molecule has 200 valence electrons. The van der Waals surface area contributed by atoms with Crippen molar-refractivity contribution >= 4 is 12.0 Å². The zero-order chi connectivity index (χ0) is 26.3. The molecule has 1 unspecified atom stereocenters. The second-order valence-electron chi connectivity index (χ2n) is 11.4. The minimum Gasteiger partial charge on any atom is -0.492 e. The Morgan fingerprint density at radius 1 is 1.22 bits per heavy atom. The standard InChI is InChI=1S/C30H45NO5/c1-22(2)9-8-17-29(3,4)28-27(33-7)25(16-18-30(28)21-35-30)36-26(32)15-12-23-10-13-24(14-11-23)34-20-19-31(5)6/h9-15,25,27-28H,8,16-21H2,1-7H3/b15-12+/t25-,27-,28-,30?/m1/s1. The molecule has 1 aromatic carbocycles. The summed E-state index contributed by atoms with van der Waals surface area (Å²) in [4.78, 5) is 14.8. The molecule has 6 heteroatoms. The van der Waals surface area contributed by atoms with Gasteiger partial charge in [0.15, 0.2) is 0 Å². The van der Waals surface area contributed by atoms with E-state index < -0.39 is 0 Å². The molecule has 2 fully saturated rings. The first-order valence-electron chi connectivity index (χ1n) is 13.1. The Kier molecular flexibility index (Phi) is 9.79. The minimum atomic E-state index is -0.345. The Bertz CT molecular complexity index is 910. The molecule has 36 heavy (non-hydrogen) atoms. The first-order chi connectivity index (χ1) is 17.1. The molecule has 3 rings (SSSR count). The number of epoxide rings is 1. The Hall–Kier alpha value is -2.15. The first-order valence-corrected chi connectivity index (χ1v) is 13.1. The number of methoxy groups -OCH3 is 1. The number of ether oxygens (including phenoxy) is 4. The molecule has 1 saturated heterocycles. The van der Waals surface area contributed by atoms with Crippen LogP contribution in [0, 0.1) is 11.3 Å². The van der Waals surface area contributed by atoms with Crippen molar-refractivity contribution in [3.8, 4) is 5.75 Å². The molecule has 6 nitrogen and oxygen atoms in total. The molecule has 0 bridgehead atoms. The molecular weight excluding hydrogens is 454 g/mol. The number of rotatable bonds is 12. The van der Waals surface area contributed by atoms with E-state index in [9.17, 15) is 4.79 Å². The molecule has 1 aliphatic carbocycles. The summed E-state index contributed by atoms with van der Waals surface area (Å²) in [6.45, 7) is 11.1. The van der Waals surface area contributed by atoms with Crippen LogP contribution in [0.3, 0.4) is 0 Å². The van der Waals surface area contributed by atoms with Crippen molar-refractivity contribution in [2.45, 2.75) is 71.2 Å². The van der Waals surface area contributed by atoms with Gasteiger partial charge in [-0.05, 0) is 82.8 Å². The van der Waals surface area contributed by atoms with Gasteiger partial charge >= 0.3 is 5.97 Å². The summed E-state index contributed by atoms with van der Waals surface area (Å²) in [5.41, 5.74) is 2.09. The van der Waals surface area contributed by atoms with E-state index in [1.165, 1.54) is 11.6 Å². The first kappa shape index (κ1) is 28.4. The van der Waals surface area contributed by atoms with E-state index >= 15 is 0 Å². The van der Waals surface area contributed by atoms with Crippen LogP contribution in [-0.2, 0) is 19.0 Å². The number of carbonyl (C=O) groups excluding carboxylic acids is 1. The molecule has 1 aromatic rings. The molecule has 0 amide bonds. The Balaban J connectivity index is 1.61. The monoisotopic (exact) mass is 499 g/mol. The second kappa shape index (κ2) is 12.4. The molecule has 0 N–H and O–H groups in total. The SMILES string of the molecule is CO[C@H]1[C@H](C(C)(C)CCC=C(C)C)C2(CC[C@H]1OC(=O)/C=C/c1ccc(OCCN(C)C)cc1)CO2. The topological polar surface area (TPSA) is 60.5 Å². The fourth-order valence-electron chi connectivity index (χ4n) is 5.47. The lowest BCUT2D eigenvalue weighted by Crippen LogP contribution is -2.55. The van der Waals surface area contributed by atoms with Crippen LogP contribution in [0.5, 0.6) is 5.75 Å². The van der Waals surface area contributed by atoms with Gasteiger partial charge in [-0.15, -0.1) is 0 Å². The fraction of sp³-hybridized carbons (Fsp3) is 0.633. The number of hydrogen-bond acceptors (Lipinski definition) is 6. The van der Waals surface area contributed by atoms with Crippen LogP contribution in [0.1, 0.15) is 58.9 Å². The third-order valence-corrected chi connectivity index (χ3v) is 7.45. The van der Waals surface area contributed by atoms with Crippen molar-refractivity contribution in [3.05, 3.63) is 47.6 Å². The van der Waals surface area contributed by atoms with Gasteiger partial charge in [0, 0.05) is 25.6 Å². The van der Waals surface area contributed by atoms with E-state index in [1.807, 2.05) is 38.4 Å². The van der Waals surface area contributed by atoms with Gasteiger partial charge in [0.05, 0.1) is 12.2 Å². The maximum absolute atomic E-state index is 12.8. The smallest absolute Gasteiger partial charge is 0.331 e. The van der Waals surface area contributed by atoms with Crippen molar-refractivity contribution < 1.29 is 23.7 Å². The van der Waals surface area contributed by atoms with Gasteiger partial charge in [0.1, 0.15) is 24.6 Å². The van der Waals surface area contributed by atoms with Gasteiger partial charge in [-0.3, -0.25) is 0 Å². The summed E-state index contributed by atoms with van der Waals surface area (Å²) < 4.78 is 23.7. The van der Waals surface area contributed by atoms with E-state index in [2.05, 4.69) is 38.7 Å². The van der Waals surface area contributed by atoms with Crippen LogP contribution < -0.4 is 4.74 Å². The largest absolute Gasteiger partial charge is 0.492 e. The lowest BCUT2D eigenvalue weighted by Gasteiger charge is -2.48. The summed E-state index contributed by atoms with van der Waals surface area (Å²) >= 11 is 0. The molecule has 1 aliphatic heterocycles. The predicted molar refractivity (Wildman–Crippen MR) is 144 cm³/mol. The number of benzene rings is 1. The molecule has 0 aromatic heterocycles. The van der Waals surface area contributed by atoms with Gasteiger partial charge in [0.2, 0.25) is 0 Å². The van der Waals surface area contributed by atoms with Crippen LogP contribution in [0.15, 0.2) is 42.0 Å². The average molecular weight is 500 g/mol. The third kappa shape index (κ3) is 7.67. The summed E-state index contributed by atoms with van der Waals surface area (Å²) in [5.74, 6) is 0.634. The van der Waals surface area contributed by atoms with Crippen molar-refractivity contribution in [1.29, 1.82) is 0 Å². The van der Waals surface area contributed by atoms with E-state index in [0.717, 1.165) is 50.1 Å². The van der Waals surface area contributed by atoms with Crippen molar-refractivity contribution in [3.63, 3.8) is 0 Å². The molecule has 0 radical (unpaired) electrons. The highest BCUT2D eigenvalue weighted by atomic mass is 16.6. The number of esters is 1. The van der Waals surface area contributed by atoms with E-state index in [4.69, 9.17) is 18.9 Å². The second-order valence-corrected chi connectivity index (χ2v) is 11.4. The average Bonchev–Trinajstić information content (AvgIpc) is 3.58. The predicted octanol–water partition coefficient (Wildman–Crippen LogP) is 5.52. The van der Waals surface area contributed by atoms with Crippen LogP contribution >= 0.6 is 0 Å². The van der Waals surface area contributed by atoms with E-state index in [-0.39, 0.29) is 35.1 Å². The number of likely N-dealkylation sites (N-methyl/N-ethyl adjacent to an activating group) is 1. The van der Waals surface area contributed by atoms with Gasteiger partial charge in [-0.1, -0.05) is 37.6 Å². The number of nitrogens with zero attached hydrogens (tertiary/aromatic N) is 1. The summed E-state index contributed by atoms with van der Waals surface area (Å²) in [7, 11) is 5.76. The Labute approximate surface area is 217 Å². The highest BCUT2D eigenvalue weighted by Crippen LogP contribution is 2.55. The molecule has 1 heterocycles. The number of carbonyl (C=O) groups is 1. The minimum absolute atomic E-state index is 0.0135. The van der Waals surface area contributed by atoms with Gasteiger partial charge < -0.3 is 23.8 Å². The van der Waals surface area contributed by atoms with Crippen molar-refractivity contribution in [1.82, 2.24) is 4.90 Å². The van der Waals surface area contributed by atoms with E-state index in [0.29, 0.717) is 6.61 Å². The van der Waals surface area contributed by atoms with E-state index in [1.54, 1.807) is 13.2 Å². The van der Waals surface area contributed by atoms with Gasteiger partial charge in [0.25, 0.3) is 0 Å². The lowest BCUT2D eigenvalue weighted by molar-refractivity contribution is -0.171. The lowest BCUT2D eigenvalue weighted by atomic mass is 9.61. The molecule has 1 saturated carbocycles. The normalized spacial score (nSPS) is 25.8. The summed E-state index contributed by atoms with van der Waals surface area (Å²) in [6.07, 6.45) is 8.77. The number of allylic oxidation sites excluding steroid dienone is 2. The third-order valence-electron chi connectivity index (χ3n) is 7.45. The molecule has 2 aliphatic rings. The number of hydrogen-bond donors (Lipinski definition) is 0. The molecule has 4 atom stereocenters. The Morgan fingerprint density at radius 3 is 2.50 bits per heavy atom. The quantitative estimate of drug-likeness (QED) is 0.163. The maximum Gasteiger partial charge on any atom is 0.331 e. The van der Waals surface area contributed by atoms with Crippen molar-refractivity contribution in [2.75, 3.05) is 41.0 Å². The van der Waals surface area contributed by atoms with Gasteiger partial charge in [-0.25, -0.2) is 4.79 Å². The molecule has 1 spiro atoms. The van der Waals surface area contributed by atoms with Crippen LogP contribution in [0.25, 0.3) is 6.08 Å². The molecular formula is C30H45NO5. The summed E-state index contributed by atoms with van der Waals surface area (Å²) in [6, 6.07) is 7.71. The highest BCUT2D eigenvalue weighted by Gasteiger charge is 2.63. The van der Waals surface area contributed by atoms with Crippen molar-refractivity contribution in [2.24, 2.45) is 11.3 Å². The van der Waals surface area contributed by atoms with Crippen LogP contribution in [0.4, 0.5) is 0 Å². The highest BCUT2D eigenvalue weighted by molar-refractivity contribution is 5.87. The van der Waals surface area contributed by atoms with Gasteiger partial charge in [-0.2, -0.15) is 0 Å². The zero-order valence-electron chi connectivity index (χ0n) is 23.2. The Morgan fingerprint density at radius 2 is 1.92 bits per heavy atom. The maximum atomic E-state index is 12.8. The zero-order valence-corrected chi connectivity index (χ0v) is 23.2. The van der Waals surface area contributed by atoms with Crippen LogP contribution in [-0.4, -0.2) is 69.6 Å².